The van der Waals surface area contributed by atoms with E-state index in [9.17, 15) is 34.5 Å². The normalized spacial score (nSPS) is 14.6. The lowest BCUT2D eigenvalue weighted by molar-refractivity contribution is -0.143. The number of H-pyrrole nitrogens is 1. The standard InChI is InChI=1S/C28H34N6O7/c1-16(35)24(27(39)33-23(28(40)41)12-18-7-9-20(36)10-8-18)34-26(38)22(13-19-14-30-15-31-19)32-25(37)21(29)11-17-5-3-2-4-6-17/h2-10,14-16,21-24,35-36H,11-13,29H2,1H3,(H,30,31)(H,32,37)(H,33,39)(H,34,38)(H,40,41). The van der Waals surface area contributed by atoms with Crippen LogP contribution in [0.15, 0.2) is 67.1 Å². The number of phenolic OH excluding ortho intramolecular Hbond substituents is 1. The quantitative estimate of drug-likeness (QED) is 0.125. The van der Waals surface area contributed by atoms with E-state index < -0.39 is 54.0 Å². The molecule has 9 N–H and O–H groups in total. The average Bonchev–Trinajstić information content (AvgIpc) is 3.45. The van der Waals surface area contributed by atoms with Gasteiger partial charge in [-0.25, -0.2) is 9.78 Å². The second kappa shape index (κ2) is 14.6. The van der Waals surface area contributed by atoms with Crippen molar-refractivity contribution in [2.45, 2.75) is 56.5 Å². The van der Waals surface area contributed by atoms with E-state index >= 15 is 0 Å². The fourth-order valence-electron chi connectivity index (χ4n) is 4.05. The van der Waals surface area contributed by atoms with Crippen LogP contribution in [0.2, 0.25) is 0 Å². The van der Waals surface area contributed by atoms with Gasteiger partial charge in [0.15, 0.2) is 0 Å². The van der Waals surface area contributed by atoms with E-state index in [0.717, 1.165) is 5.56 Å². The molecule has 13 nitrogen and oxygen atoms in total. The van der Waals surface area contributed by atoms with Crippen molar-refractivity contribution in [2.24, 2.45) is 5.73 Å². The number of hydrogen-bond acceptors (Lipinski definition) is 8. The summed E-state index contributed by atoms with van der Waals surface area (Å²) in [7, 11) is 0. The summed E-state index contributed by atoms with van der Waals surface area (Å²) in [6.07, 6.45) is 1.55. The number of imidazole rings is 1. The van der Waals surface area contributed by atoms with E-state index in [-0.39, 0.29) is 25.0 Å². The fraction of sp³-hybridized carbons (Fsp3) is 0.321. The van der Waals surface area contributed by atoms with Crippen molar-refractivity contribution in [2.75, 3.05) is 0 Å². The summed E-state index contributed by atoms with van der Waals surface area (Å²) < 4.78 is 0. The number of benzene rings is 2. The molecule has 0 saturated heterocycles. The highest BCUT2D eigenvalue weighted by Crippen LogP contribution is 2.12. The van der Waals surface area contributed by atoms with Crippen molar-refractivity contribution in [3.63, 3.8) is 0 Å². The number of hydrogen-bond donors (Lipinski definition) is 8. The van der Waals surface area contributed by atoms with Crippen molar-refractivity contribution in [1.29, 1.82) is 0 Å². The molecule has 13 heteroatoms. The maximum absolute atomic E-state index is 13.3. The topological polar surface area (TPSA) is 220 Å². The largest absolute Gasteiger partial charge is 0.508 e. The third kappa shape index (κ3) is 9.44. The Bertz CT molecular complexity index is 1300. The molecule has 1 aromatic heterocycles. The number of aromatic amines is 1. The van der Waals surface area contributed by atoms with Crippen molar-refractivity contribution in [3.05, 3.63) is 83.9 Å². The lowest BCUT2D eigenvalue weighted by Crippen LogP contribution is -2.60. The SMILES string of the molecule is CC(O)C(NC(=O)C(Cc1cnc[nH]1)NC(=O)C(N)Cc1ccccc1)C(=O)NC(Cc1ccc(O)cc1)C(=O)O. The summed E-state index contributed by atoms with van der Waals surface area (Å²) >= 11 is 0. The molecular formula is C28H34N6O7. The monoisotopic (exact) mass is 566 g/mol. The molecule has 5 unspecified atom stereocenters. The smallest absolute Gasteiger partial charge is 0.326 e. The fourth-order valence-corrected chi connectivity index (χ4v) is 4.05. The summed E-state index contributed by atoms with van der Waals surface area (Å²) in [5.74, 6) is -3.68. The first-order valence-corrected chi connectivity index (χ1v) is 12.9. The Hall–Kier alpha value is -4.75. The van der Waals surface area contributed by atoms with Gasteiger partial charge in [0, 0.05) is 24.7 Å². The van der Waals surface area contributed by atoms with E-state index in [0.29, 0.717) is 11.3 Å². The van der Waals surface area contributed by atoms with E-state index in [1.165, 1.54) is 43.7 Å². The first-order chi connectivity index (χ1) is 19.5. The van der Waals surface area contributed by atoms with Gasteiger partial charge in [0.2, 0.25) is 17.7 Å². The summed E-state index contributed by atoms with van der Waals surface area (Å²) in [5.41, 5.74) is 7.96. The second-order valence-electron chi connectivity index (χ2n) is 9.64. The van der Waals surface area contributed by atoms with Crippen LogP contribution < -0.4 is 21.7 Å². The number of aromatic hydroxyl groups is 1. The highest BCUT2D eigenvalue weighted by Gasteiger charge is 2.33. The zero-order valence-electron chi connectivity index (χ0n) is 22.4. The minimum Gasteiger partial charge on any atom is -0.508 e. The predicted octanol–water partition coefficient (Wildman–Crippen LogP) is -0.610. The molecule has 3 amide bonds. The van der Waals surface area contributed by atoms with Crippen LogP contribution in [0.1, 0.15) is 23.7 Å². The number of nitrogens with zero attached hydrogens (tertiary/aromatic N) is 1. The Morgan fingerprint density at radius 2 is 1.49 bits per heavy atom. The van der Waals surface area contributed by atoms with Gasteiger partial charge in [0.1, 0.15) is 23.9 Å². The van der Waals surface area contributed by atoms with Crippen LogP contribution in [0, 0.1) is 0 Å². The molecule has 0 bridgehead atoms. The Kier molecular flexibility index (Phi) is 11.0. The van der Waals surface area contributed by atoms with Crippen molar-refractivity contribution in [3.8, 4) is 5.75 Å². The molecule has 0 saturated carbocycles. The summed E-state index contributed by atoms with van der Waals surface area (Å²) in [6.45, 7) is 1.26. The number of aliphatic hydroxyl groups excluding tert-OH is 1. The van der Waals surface area contributed by atoms with Crippen LogP contribution in [-0.2, 0) is 38.4 Å². The maximum atomic E-state index is 13.3. The number of rotatable bonds is 14. The van der Waals surface area contributed by atoms with Gasteiger partial charge in [0.25, 0.3) is 0 Å². The van der Waals surface area contributed by atoms with Crippen LogP contribution in [0.25, 0.3) is 0 Å². The van der Waals surface area contributed by atoms with Crippen LogP contribution in [0.5, 0.6) is 5.75 Å². The predicted molar refractivity (Wildman–Crippen MR) is 147 cm³/mol. The molecule has 3 aromatic rings. The minimum absolute atomic E-state index is 0.000612. The highest BCUT2D eigenvalue weighted by molar-refractivity contribution is 5.94. The van der Waals surface area contributed by atoms with Gasteiger partial charge in [-0.15, -0.1) is 0 Å². The first kappa shape index (κ1) is 30.8. The third-order valence-electron chi connectivity index (χ3n) is 6.30. The number of aromatic nitrogens is 2. The molecule has 0 radical (unpaired) electrons. The number of amides is 3. The minimum atomic E-state index is -1.54. The maximum Gasteiger partial charge on any atom is 0.326 e. The molecule has 0 aliphatic carbocycles. The number of aliphatic carboxylic acids is 1. The van der Waals surface area contributed by atoms with E-state index in [1.54, 1.807) is 0 Å². The Balaban J connectivity index is 1.71. The van der Waals surface area contributed by atoms with Crippen molar-refractivity contribution in [1.82, 2.24) is 25.9 Å². The molecule has 41 heavy (non-hydrogen) atoms. The number of nitrogens with one attached hydrogen (secondary N) is 4. The van der Waals surface area contributed by atoms with E-state index in [1.807, 2.05) is 30.3 Å². The number of nitrogens with two attached hydrogens (primary N) is 1. The first-order valence-electron chi connectivity index (χ1n) is 12.9. The van der Waals surface area contributed by atoms with E-state index in [4.69, 9.17) is 5.73 Å². The molecule has 0 spiro atoms. The van der Waals surface area contributed by atoms with Gasteiger partial charge in [-0.05, 0) is 36.6 Å². The Morgan fingerprint density at radius 3 is 2.07 bits per heavy atom. The molecule has 2 aromatic carbocycles. The van der Waals surface area contributed by atoms with Crippen LogP contribution in [0.4, 0.5) is 0 Å². The molecule has 5 atom stereocenters. The summed E-state index contributed by atoms with van der Waals surface area (Å²) in [4.78, 5) is 57.9. The molecule has 0 fully saturated rings. The number of carbonyl (C=O) groups excluding carboxylic acids is 3. The van der Waals surface area contributed by atoms with Crippen LogP contribution in [-0.4, -0.2) is 79.2 Å². The summed E-state index contributed by atoms with van der Waals surface area (Å²) in [6, 6.07) is 9.79. The third-order valence-corrected chi connectivity index (χ3v) is 6.30. The summed E-state index contributed by atoms with van der Waals surface area (Å²) in [5, 5.41) is 36.8. The van der Waals surface area contributed by atoms with Gasteiger partial charge >= 0.3 is 5.97 Å². The van der Waals surface area contributed by atoms with Crippen LogP contribution in [0.3, 0.4) is 0 Å². The number of phenols is 1. The number of carboxylic acid groups (broad SMARTS) is 1. The lowest BCUT2D eigenvalue weighted by atomic mass is 10.0. The lowest BCUT2D eigenvalue weighted by Gasteiger charge is -2.26. The molecular weight excluding hydrogens is 532 g/mol. The zero-order chi connectivity index (χ0) is 29.9. The van der Waals surface area contributed by atoms with Gasteiger partial charge in [-0.2, -0.15) is 0 Å². The molecule has 3 rings (SSSR count). The van der Waals surface area contributed by atoms with Gasteiger partial charge in [-0.1, -0.05) is 42.5 Å². The molecule has 218 valence electrons. The molecule has 0 aliphatic heterocycles. The number of aliphatic hydroxyl groups is 1. The van der Waals surface area contributed by atoms with Crippen molar-refractivity contribution >= 4 is 23.7 Å². The van der Waals surface area contributed by atoms with Gasteiger partial charge in [-0.3, -0.25) is 14.4 Å². The number of carboxylic acids is 1. The Labute approximate surface area is 236 Å². The van der Waals surface area contributed by atoms with Gasteiger partial charge < -0.3 is 42.0 Å². The average molecular weight is 567 g/mol. The highest BCUT2D eigenvalue weighted by atomic mass is 16.4. The molecule has 0 aliphatic rings. The van der Waals surface area contributed by atoms with Gasteiger partial charge in [0.05, 0.1) is 18.5 Å². The molecule has 1 heterocycles. The Morgan fingerprint density at radius 1 is 0.854 bits per heavy atom. The zero-order valence-corrected chi connectivity index (χ0v) is 22.4. The second-order valence-corrected chi connectivity index (χ2v) is 9.64. The number of carbonyl (C=O) groups is 4. The van der Waals surface area contributed by atoms with E-state index in [2.05, 4.69) is 25.9 Å². The van der Waals surface area contributed by atoms with Crippen LogP contribution >= 0.6 is 0 Å². The van der Waals surface area contributed by atoms with Crippen molar-refractivity contribution < 1.29 is 34.5 Å².